The van der Waals surface area contributed by atoms with E-state index in [1.807, 2.05) is 34.6 Å². The van der Waals surface area contributed by atoms with E-state index in [1.165, 1.54) is 24.7 Å². The molecule has 3 aliphatic carbocycles. The van der Waals surface area contributed by atoms with E-state index in [9.17, 15) is 19.2 Å². The largest absolute Gasteiger partial charge is 0.490 e. The van der Waals surface area contributed by atoms with Gasteiger partial charge in [0, 0.05) is 36.9 Å². The van der Waals surface area contributed by atoms with Gasteiger partial charge in [0.25, 0.3) is 6.01 Å². The van der Waals surface area contributed by atoms with Crippen molar-refractivity contribution in [2.24, 2.45) is 23.2 Å². The van der Waals surface area contributed by atoms with E-state index < -0.39 is 53.0 Å². The van der Waals surface area contributed by atoms with Crippen molar-refractivity contribution in [3.05, 3.63) is 42.1 Å². The Kier molecular flexibility index (Phi) is 12.3. The lowest BCUT2D eigenvalue weighted by Crippen LogP contribution is -2.59. The molecular formula is C43H55ClN6O10. The Hall–Kier alpha value is -5.09. The summed E-state index contributed by atoms with van der Waals surface area (Å²) in [5, 5.41) is 9.64. The molecule has 8 atom stereocenters. The fourth-order valence-electron chi connectivity index (χ4n) is 8.40. The number of benzene rings is 1. The van der Waals surface area contributed by atoms with Crippen LogP contribution in [0.3, 0.4) is 0 Å². The van der Waals surface area contributed by atoms with Crippen LogP contribution in [0.1, 0.15) is 66.7 Å². The molecule has 7 rings (SSSR count). The van der Waals surface area contributed by atoms with E-state index in [0.717, 1.165) is 12.8 Å². The highest BCUT2D eigenvalue weighted by Gasteiger charge is 2.62. The Balaban J connectivity index is 1.21. The quantitative estimate of drug-likeness (QED) is 0.0876. The molecule has 3 aromatic rings. The first-order chi connectivity index (χ1) is 28.5. The van der Waals surface area contributed by atoms with Crippen molar-refractivity contribution >= 4 is 52.4 Å². The Bertz CT molecular complexity index is 2130. The summed E-state index contributed by atoms with van der Waals surface area (Å²) < 4.78 is 34.3. The van der Waals surface area contributed by atoms with E-state index in [1.54, 1.807) is 31.4 Å². The van der Waals surface area contributed by atoms with Crippen molar-refractivity contribution < 1.29 is 47.3 Å². The molecule has 324 valence electrons. The highest BCUT2D eigenvalue weighted by atomic mass is 35.5. The number of carbonyl (C=O) groups is 4. The van der Waals surface area contributed by atoms with Gasteiger partial charge in [-0.05, 0) is 68.9 Å². The van der Waals surface area contributed by atoms with Crippen molar-refractivity contribution in [2.75, 3.05) is 39.3 Å². The van der Waals surface area contributed by atoms with E-state index >= 15 is 0 Å². The summed E-state index contributed by atoms with van der Waals surface area (Å²) >= 11 is 6.95. The molecule has 17 heteroatoms. The van der Waals surface area contributed by atoms with Crippen LogP contribution in [0, 0.1) is 23.2 Å². The van der Waals surface area contributed by atoms with E-state index in [-0.39, 0.29) is 42.7 Å². The van der Waals surface area contributed by atoms with Gasteiger partial charge in [-0.1, -0.05) is 38.4 Å². The van der Waals surface area contributed by atoms with Crippen LogP contribution >= 0.6 is 11.6 Å². The molecule has 3 heterocycles. The standard InChI is InChI=1S/C43H55ClN6O10/c1-9-25-19-43(25,39(53)56-8)49-37(51)31-17-27(20-50(31)38(52)36(42(4,5)6)48-41(54)60-26-15-23-14-24(23)16-26)59-33-18-29(30-21-58-40(47-30)45-22(2)3)46-35-28(33)10-11-32(34(35)44)57-13-12-55-7/h9-11,18,21-27,31,36H,1,12-17,19-20H2,2-8H3,(H,45,47)(H,48,54)(H,49,51)/t23-,24+,25-,26?,27-,31+,36-,43-/m1/s1. The second-order valence-corrected chi connectivity index (χ2v) is 18.0. The third-order valence-corrected chi connectivity index (χ3v) is 12.1. The number of esters is 1. The molecule has 0 spiro atoms. The van der Waals surface area contributed by atoms with Crippen LogP contribution in [0.2, 0.25) is 5.02 Å². The zero-order valence-electron chi connectivity index (χ0n) is 35.2. The number of methoxy groups -OCH3 is 2. The maximum Gasteiger partial charge on any atom is 0.408 e. The lowest BCUT2D eigenvalue weighted by atomic mass is 9.85. The van der Waals surface area contributed by atoms with Gasteiger partial charge in [0.05, 0.1) is 31.5 Å². The molecule has 3 saturated carbocycles. The zero-order chi connectivity index (χ0) is 43.1. The molecule has 1 aromatic carbocycles. The molecule has 0 bridgehead atoms. The predicted molar refractivity (Wildman–Crippen MR) is 222 cm³/mol. The molecule has 1 unspecified atom stereocenters. The summed E-state index contributed by atoms with van der Waals surface area (Å²) in [5.41, 5.74) is -0.955. The van der Waals surface area contributed by atoms with Gasteiger partial charge in [0.2, 0.25) is 11.8 Å². The van der Waals surface area contributed by atoms with Crippen LogP contribution in [0.15, 0.2) is 41.5 Å². The molecule has 4 aliphatic rings. The smallest absolute Gasteiger partial charge is 0.408 e. The first kappa shape index (κ1) is 43.0. The molecule has 3 amide bonds. The van der Waals surface area contributed by atoms with Gasteiger partial charge in [0.1, 0.15) is 64.9 Å². The normalized spacial score (nSPS) is 25.9. The van der Waals surface area contributed by atoms with Crippen LogP contribution in [-0.4, -0.2) is 109 Å². The van der Waals surface area contributed by atoms with Crippen LogP contribution in [0.4, 0.5) is 10.8 Å². The molecule has 4 fully saturated rings. The second kappa shape index (κ2) is 17.1. The molecule has 16 nitrogen and oxygen atoms in total. The number of hydrogen-bond donors (Lipinski definition) is 3. The summed E-state index contributed by atoms with van der Waals surface area (Å²) in [7, 11) is 2.83. The number of ether oxygens (including phenoxy) is 5. The van der Waals surface area contributed by atoms with Crippen molar-refractivity contribution in [3.63, 3.8) is 0 Å². The minimum absolute atomic E-state index is 0.0389. The van der Waals surface area contributed by atoms with Gasteiger partial charge < -0.3 is 49.0 Å². The topological polar surface area (TPSA) is 193 Å². The fourth-order valence-corrected chi connectivity index (χ4v) is 8.67. The van der Waals surface area contributed by atoms with Crippen molar-refractivity contribution in [1.82, 2.24) is 25.5 Å². The molecule has 0 radical (unpaired) electrons. The number of nitrogens with one attached hydrogen (secondary N) is 3. The number of halogens is 1. The first-order valence-corrected chi connectivity index (χ1v) is 20.9. The van der Waals surface area contributed by atoms with Gasteiger partial charge in [-0.15, -0.1) is 6.58 Å². The zero-order valence-corrected chi connectivity index (χ0v) is 35.9. The number of rotatable bonds is 16. The van der Waals surface area contributed by atoms with E-state index in [2.05, 4.69) is 27.5 Å². The minimum Gasteiger partial charge on any atom is -0.490 e. The van der Waals surface area contributed by atoms with Crippen molar-refractivity contribution in [2.45, 2.75) is 103 Å². The lowest BCUT2D eigenvalue weighted by Gasteiger charge is -2.35. The van der Waals surface area contributed by atoms with Crippen molar-refractivity contribution in [3.8, 4) is 22.9 Å². The number of alkyl carbamates (subject to hydrolysis) is 1. The van der Waals surface area contributed by atoms with Gasteiger partial charge in [-0.25, -0.2) is 14.6 Å². The predicted octanol–water partition coefficient (Wildman–Crippen LogP) is 5.91. The average Bonchev–Trinajstić information content (AvgIpc) is 3.86. The third-order valence-electron chi connectivity index (χ3n) is 11.8. The maximum atomic E-state index is 14.8. The van der Waals surface area contributed by atoms with Gasteiger partial charge in [-0.3, -0.25) is 9.59 Å². The molecule has 2 aromatic heterocycles. The summed E-state index contributed by atoms with van der Waals surface area (Å²) in [6.45, 7) is 13.8. The van der Waals surface area contributed by atoms with Crippen LogP contribution in [-0.2, 0) is 28.6 Å². The van der Waals surface area contributed by atoms with Gasteiger partial charge >= 0.3 is 12.1 Å². The summed E-state index contributed by atoms with van der Waals surface area (Å²) in [4.78, 5) is 66.4. The minimum atomic E-state index is -1.31. The molecular weight excluding hydrogens is 796 g/mol. The van der Waals surface area contributed by atoms with Crippen LogP contribution in [0.5, 0.6) is 11.5 Å². The monoisotopic (exact) mass is 850 g/mol. The van der Waals surface area contributed by atoms with E-state index in [0.29, 0.717) is 64.7 Å². The van der Waals surface area contributed by atoms with Crippen molar-refractivity contribution in [1.29, 1.82) is 0 Å². The number of anilines is 1. The second-order valence-electron chi connectivity index (χ2n) is 17.6. The molecule has 1 saturated heterocycles. The lowest BCUT2D eigenvalue weighted by molar-refractivity contribution is -0.148. The third kappa shape index (κ3) is 8.99. The molecule has 60 heavy (non-hydrogen) atoms. The number of oxazole rings is 1. The van der Waals surface area contributed by atoms with Crippen LogP contribution in [0.25, 0.3) is 22.3 Å². The van der Waals surface area contributed by atoms with Gasteiger partial charge in [-0.2, -0.15) is 4.98 Å². The Labute approximate surface area is 354 Å². The summed E-state index contributed by atoms with van der Waals surface area (Å²) in [5.74, 6) is -0.104. The number of likely N-dealkylation sites (tertiary alicyclic amines) is 1. The number of nitrogens with zero attached hydrogens (tertiary/aromatic N) is 3. The first-order valence-electron chi connectivity index (χ1n) is 20.5. The van der Waals surface area contributed by atoms with Crippen LogP contribution < -0.4 is 25.4 Å². The molecule has 3 N–H and O–H groups in total. The SMILES string of the molecule is C=C[C@@H]1C[C@]1(NC(=O)[C@@H]1C[C@@H](Oc2cc(-c3coc(NC(C)C)n3)nc3c(Cl)c(OCCOC)ccc23)CN1C(=O)[C@@H](NC(=O)OC1C[C@@H]2C[C@@H]2C1)C(C)(C)C)C(=O)OC. The highest BCUT2D eigenvalue weighted by Crippen LogP contribution is 2.52. The number of amides is 3. The Morgan fingerprint density at radius 3 is 2.43 bits per heavy atom. The summed E-state index contributed by atoms with van der Waals surface area (Å²) in [6.07, 6.45) is 4.58. The Morgan fingerprint density at radius 1 is 1.03 bits per heavy atom. The highest BCUT2D eigenvalue weighted by molar-refractivity contribution is 6.36. The van der Waals surface area contributed by atoms with E-state index in [4.69, 9.17) is 44.7 Å². The number of aromatic nitrogens is 2. The number of pyridine rings is 1. The number of fused-ring (bicyclic) bond motifs is 2. The Morgan fingerprint density at radius 2 is 1.78 bits per heavy atom. The molecule has 1 aliphatic heterocycles. The number of carbonyl (C=O) groups excluding carboxylic acids is 4. The fraction of sp³-hybridized carbons (Fsp3) is 0.581. The number of hydrogen-bond acceptors (Lipinski definition) is 13. The summed E-state index contributed by atoms with van der Waals surface area (Å²) in [6, 6.07) is 3.37. The maximum absolute atomic E-state index is 14.8. The van der Waals surface area contributed by atoms with Gasteiger partial charge in [0.15, 0.2) is 0 Å². The average molecular weight is 851 g/mol.